The van der Waals surface area contributed by atoms with Gasteiger partial charge in [-0.2, -0.15) is 0 Å². The maximum absolute atomic E-state index is 12.3. The summed E-state index contributed by atoms with van der Waals surface area (Å²) in [4.78, 5) is 60.1. The van der Waals surface area contributed by atoms with Crippen molar-refractivity contribution in [1.29, 1.82) is 0 Å². The molecule has 0 unspecified atom stereocenters. The van der Waals surface area contributed by atoms with Crippen LogP contribution >= 0.6 is 22.0 Å². The zero-order valence-corrected chi connectivity index (χ0v) is 26.0. The Morgan fingerprint density at radius 2 is 1.51 bits per heavy atom. The largest absolute Gasteiger partial charge is 0.466 e. The Hall–Kier alpha value is -3.47. The molecule has 0 amide bonds. The van der Waals surface area contributed by atoms with Gasteiger partial charge in [0.15, 0.2) is 12.2 Å². The van der Waals surface area contributed by atoms with Gasteiger partial charge in [-0.25, -0.2) is 13.2 Å². The lowest BCUT2D eigenvalue weighted by molar-refractivity contribution is -0.285. The van der Waals surface area contributed by atoms with E-state index in [0.29, 0.717) is 4.70 Å². The van der Waals surface area contributed by atoms with Gasteiger partial charge in [0.05, 0.1) is 19.5 Å². The first-order chi connectivity index (χ1) is 20.1. The molecule has 43 heavy (non-hydrogen) atoms. The molecule has 0 bridgehead atoms. The number of hydrogen-bond acceptors (Lipinski definition) is 15. The molecule has 0 N–H and O–H groups in total. The van der Waals surface area contributed by atoms with Gasteiger partial charge < -0.3 is 33.2 Å². The van der Waals surface area contributed by atoms with Crippen molar-refractivity contribution in [1.82, 2.24) is 0 Å². The molecule has 1 aliphatic heterocycles. The fourth-order valence-electron chi connectivity index (χ4n) is 4.38. The van der Waals surface area contributed by atoms with Crippen molar-refractivity contribution in [3.63, 3.8) is 0 Å². The lowest BCUT2D eigenvalue weighted by atomic mass is 9.96. The van der Waals surface area contributed by atoms with E-state index in [1.807, 2.05) is 0 Å². The highest BCUT2D eigenvalue weighted by Crippen LogP contribution is 2.39. The number of carbonyl (C=O) groups excluding carboxylic acids is 5. The summed E-state index contributed by atoms with van der Waals surface area (Å²) in [7, 11) is 2.68. The van der Waals surface area contributed by atoms with Crippen molar-refractivity contribution in [2.45, 2.75) is 70.6 Å². The van der Waals surface area contributed by atoms with E-state index >= 15 is 0 Å². The van der Waals surface area contributed by atoms with E-state index in [9.17, 15) is 32.4 Å². The lowest BCUT2D eigenvalue weighted by Crippen LogP contribution is -2.62. The first-order valence-corrected chi connectivity index (χ1v) is 15.9. The first-order valence-electron chi connectivity index (χ1n) is 12.6. The van der Waals surface area contributed by atoms with Crippen molar-refractivity contribution in [2.24, 2.45) is 0 Å². The van der Waals surface area contributed by atoms with Gasteiger partial charge in [0, 0.05) is 54.9 Å². The summed E-state index contributed by atoms with van der Waals surface area (Å²) in [5.74, 6) is -4.14. The van der Waals surface area contributed by atoms with Crippen LogP contribution in [0.5, 0.6) is 5.75 Å². The number of benzene rings is 1. The molecule has 2 heterocycles. The van der Waals surface area contributed by atoms with Crippen LogP contribution in [-0.4, -0.2) is 82.7 Å². The summed E-state index contributed by atoms with van der Waals surface area (Å²) in [5.41, 5.74) is 0.269. The van der Waals surface area contributed by atoms with E-state index < -0.39 is 75.4 Å². The molecule has 2 aromatic rings. The molecule has 1 aromatic heterocycles. The zero-order valence-electron chi connectivity index (χ0n) is 23.7. The molecule has 0 saturated carbocycles. The molecule has 17 heteroatoms. The second kappa shape index (κ2) is 14.3. The van der Waals surface area contributed by atoms with Gasteiger partial charge in [0.1, 0.15) is 16.7 Å². The van der Waals surface area contributed by atoms with Crippen LogP contribution in [0, 0.1) is 0 Å². The second-order valence-corrected chi connectivity index (χ2v) is 13.1. The molecule has 0 radical (unpaired) electrons. The molecule has 0 spiro atoms. The van der Waals surface area contributed by atoms with Gasteiger partial charge in [0.2, 0.25) is 21.4 Å². The van der Waals surface area contributed by atoms with E-state index in [0.717, 1.165) is 32.1 Å². The van der Waals surface area contributed by atoms with Crippen LogP contribution in [0.25, 0.3) is 10.1 Å². The fraction of sp³-hybridized carbons (Fsp3) is 0.500. The minimum absolute atomic E-state index is 0.0468. The number of fused-ring (bicyclic) bond motifs is 1. The van der Waals surface area contributed by atoms with Crippen molar-refractivity contribution >= 4 is 71.0 Å². The number of halogens is 1. The third-order valence-corrected chi connectivity index (χ3v) is 8.06. The lowest BCUT2D eigenvalue weighted by Gasteiger charge is -2.44. The predicted molar refractivity (Wildman–Crippen MR) is 149 cm³/mol. The van der Waals surface area contributed by atoms with E-state index in [1.54, 1.807) is 0 Å². The highest BCUT2D eigenvalue weighted by molar-refractivity contribution is 8.13. The molecule has 236 valence electrons. The fourth-order valence-corrected chi connectivity index (χ4v) is 6.54. The quantitative estimate of drug-likeness (QED) is 0.194. The predicted octanol–water partition coefficient (Wildman–Crippen LogP) is 2.61. The van der Waals surface area contributed by atoms with Crippen LogP contribution < -0.4 is 4.74 Å². The van der Waals surface area contributed by atoms with Crippen molar-refractivity contribution in [2.75, 3.05) is 13.7 Å². The monoisotopic (exact) mass is 664 g/mol. The maximum atomic E-state index is 12.3. The maximum Gasteiger partial charge on any atom is 0.348 e. The number of ether oxygens (including phenoxy) is 7. The Morgan fingerprint density at radius 1 is 0.907 bits per heavy atom. The van der Waals surface area contributed by atoms with Gasteiger partial charge >= 0.3 is 29.8 Å². The Labute approximate surface area is 254 Å². The first kappa shape index (κ1) is 34.0. The summed E-state index contributed by atoms with van der Waals surface area (Å²) < 4.78 is 62.4. The highest BCUT2D eigenvalue weighted by Gasteiger charge is 2.53. The number of thiophene rings is 1. The summed E-state index contributed by atoms with van der Waals surface area (Å²) in [6.45, 7) is 4.34. The molecule has 14 nitrogen and oxygen atoms in total. The van der Waals surface area contributed by atoms with Crippen LogP contribution in [0.3, 0.4) is 0 Å². The normalized spacial score (nSPS) is 21.9. The summed E-state index contributed by atoms with van der Waals surface area (Å²) in [5, 5.41) is 0.274. The van der Waals surface area contributed by atoms with Crippen LogP contribution in [0.2, 0.25) is 0 Å². The molecule has 1 saturated heterocycles. The second-order valence-electron chi connectivity index (χ2n) is 9.26. The van der Waals surface area contributed by atoms with Gasteiger partial charge in [-0.1, -0.05) is 6.07 Å². The summed E-state index contributed by atoms with van der Waals surface area (Å²) >= 11 is 0.936. The molecular weight excluding hydrogens is 636 g/mol. The molecule has 1 aromatic carbocycles. The summed E-state index contributed by atoms with van der Waals surface area (Å²) in [6.07, 6.45) is -6.84. The average Bonchev–Trinajstić information content (AvgIpc) is 3.33. The molecular formula is C26H29ClO14S2. The third-order valence-electron chi connectivity index (χ3n) is 5.89. The Morgan fingerprint density at radius 3 is 2.07 bits per heavy atom. The van der Waals surface area contributed by atoms with Crippen molar-refractivity contribution < 1.29 is 65.5 Å². The van der Waals surface area contributed by atoms with Crippen LogP contribution in [0.15, 0.2) is 18.2 Å². The smallest absolute Gasteiger partial charge is 0.348 e. The minimum Gasteiger partial charge on any atom is -0.466 e. The number of rotatable bonds is 11. The molecule has 1 fully saturated rings. The Balaban J connectivity index is 2.13. The van der Waals surface area contributed by atoms with Crippen LogP contribution in [0.4, 0.5) is 0 Å². The number of esters is 5. The molecule has 0 aliphatic carbocycles. The van der Waals surface area contributed by atoms with Crippen molar-refractivity contribution in [3.05, 3.63) is 28.6 Å². The third kappa shape index (κ3) is 9.26. The Bertz CT molecular complexity index is 1500. The zero-order chi connectivity index (χ0) is 32.1. The molecule has 1 aliphatic rings. The van der Waals surface area contributed by atoms with Crippen molar-refractivity contribution in [3.8, 4) is 5.75 Å². The number of methoxy groups -OCH3 is 1. The number of hydrogen-bond donors (Lipinski definition) is 0. The van der Waals surface area contributed by atoms with Crippen LogP contribution in [0.1, 0.15) is 49.4 Å². The topological polar surface area (TPSA) is 184 Å². The van der Waals surface area contributed by atoms with E-state index in [2.05, 4.69) is 0 Å². The van der Waals surface area contributed by atoms with Gasteiger partial charge in [-0.15, -0.1) is 11.3 Å². The Kier molecular flexibility index (Phi) is 11.3. The van der Waals surface area contributed by atoms with Gasteiger partial charge in [0.25, 0.3) is 0 Å². The van der Waals surface area contributed by atoms with E-state index in [-0.39, 0.29) is 34.6 Å². The average molecular weight is 665 g/mol. The van der Waals surface area contributed by atoms with E-state index in [1.165, 1.54) is 32.2 Å². The van der Waals surface area contributed by atoms with Gasteiger partial charge in [-0.05, 0) is 17.7 Å². The number of carbonyl (C=O) groups is 5. The highest BCUT2D eigenvalue weighted by atomic mass is 35.7. The summed E-state index contributed by atoms with van der Waals surface area (Å²) in [6, 6.07) is 4.23. The van der Waals surface area contributed by atoms with E-state index in [4.69, 9.17) is 43.8 Å². The van der Waals surface area contributed by atoms with Crippen LogP contribution in [-0.2, 0) is 62.4 Å². The molecule has 3 rings (SSSR count). The molecule has 5 atom stereocenters. The minimum atomic E-state index is -3.99. The van der Waals surface area contributed by atoms with Gasteiger partial charge in [-0.3, -0.25) is 19.2 Å². The standard InChI is InChI=1S/C26H29ClO14S2/c1-12(28)36-9-8-19-21(37-13(2)29)22(38-14(3)30)23(39-15(4)31)26(41-19)40-18-7-6-16(11-43(27,33)34)24-17(18)10-20(42-24)25(32)35-5/h6-7,10,19,21-23,26H,8-9,11H2,1-5H3/t19-,21+,22+,23-,26-/m1/s1. The SMILES string of the molecule is COC(=O)c1cc2c(O[C@@H]3O[C@H](CCOC(C)=O)[C@H](OC(C)=O)[C@H](OC(C)=O)[C@H]3OC(C)=O)ccc(CS(=O)(=O)Cl)c2s1.